The number of hydrogen-bond acceptors (Lipinski definition) is 6. The maximum atomic E-state index is 13.1. The average molecular weight is 427 g/mol. The molecule has 8 heteroatoms. The van der Waals surface area contributed by atoms with Crippen molar-refractivity contribution in [2.45, 2.75) is 58.1 Å². The summed E-state index contributed by atoms with van der Waals surface area (Å²) in [4.78, 5) is 31.3. The van der Waals surface area contributed by atoms with E-state index in [1.165, 1.54) is 6.42 Å². The number of esters is 1. The minimum absolute atomic E-state index is 0.172. The van der Waals surface area contributed by atoms with Crippen molar-refractivity contribution < 1.29 is 14.3 Å². The fraction of sp³-hybridized carbons (Fsp3) is 0.455. The second kappa shape index (κ2) is 8.55. The molecule has 0 aromatic carbocycles. The van der Waals surface area contributed by atoms with Crippen LogP contribution in [0.4, 0.5) is 0 Å². The van der Waals surface area contributed by atoms with Crippen LogP contribution in [0.3, 0.4) is 0 Å². The highest BCUT2D eigenvalue weighted by Crippen LogP contribution is 2.30. The number of thiophene rings is 1. The van der Waals surface area contributed by atoms with Gasteiger partial charge in [0.15, 0.2) is 11.8 Å². The number of nitrogens with one attached hydrogen (secondary N) is 1. The number of rotatable bonds is 5. The van der Waals surface area contributed by atoms with Gasteiger partial charge in [0, 0.05) is 13.1 Å². The predicted molar refractivity (Wildman–Crippen MR) is 116 cm³/mol. The SMILES string of the molecule is Cc1nn(C)c2nc(-c3cccs3)cc(C(=O)OC(C)C(=O)NC3CCCCC3)c12. The third-order valence-electron chi connectivity index (χ3n) is 5.57. The van der Waals surface area contributed by atoms with E-state index >= 15 is 0 Å². The Hall–Kier alpha value is -2.74. The molecule has 4 rings (SSSR count). The Morgan fingerprint density at radius 3 is 2.77 bits per heavy atom. The Morgan fingerprint density at radius 2 is 2.07 bits per heavy atom. The molecular formula is C22H26N4O3S. The first-order valence-corrected chi connectivity index (χ1v) is 11.2. The van der Waals surface area contributed by atoms with Crippen molar-refractivity contribution in [1.29, 1.82) is 0 Å². The number of nitrogens with zero attached hydrogens (tertiary/aromatic N) is 3. The summed E-state index contributed by atoms with van der Waals surface area (Å²) in [5, 5.41) is 10.1. The molecule has 1 unspecified atom stereocenters. The van der Waals surface area contributed by atoms with Gasteiger partial charge in [0.2, 0.25) is 0 Å². The molecule has 1 fully saturated rings. The van der Waals surface area contributed by atoms with Crippen LogP contribution in [0.2, 0.25) is 0 Å². The minimum Gasteiger partial charge on any atom is -0.449 e. The highest BCUT2D eigenvalue weighted by Gasteiger charge is 2.26. The van der Waals surface area contributed by atoms with Crippen molar-refractivity contribution >= 4 is 34.2 Å². The molecule has 1 aliphatic rings. The van der Waals surface area contributed by atoms with Gasteiger partial charge in [-0.1, -0.05) is 25.3 Å². The second-order valence-electron chi connectivity index (χ2n) is 7.83. The third kappa shape index (κ3) is 4.09. The lowest BCUT2D eigenvalue weighted by Gasteiger charge is -2.24. The van der Waals surface area contributed by atoms with Gasteiger partial charge in [0.05, 0.1) is 27.2 Å². The van der Waals surface area contributed by atoms with Crippen molar-refractivity contribution in [3.05, 3.63) is 34.8 Å². The Morgan fingerprint density at radius 1 is 1.30 bits per heavy atom. The van der Waals surface area contributed by atoms with E-state index in [0.29, 0.717) is 28.0 Å². The number of fused-ring (bicyclic) bond motifs is 1. The Bertz CT molecular complexity index is 1070. The highest BCUT2D eigenvalue weighted by atomic mass is 32.1. The van der Waals surface area contributed by atoms with Crippen LogP contribution in [-0.2, 0) is 16.6 Å². The number of ether oxygens (including phenoxy) is 1. The quantitative estimate of drug-likeness (QED) is 0.623. The molecule has 3 heterocycles. The molecule has 0 bridgehead atoms. The molecule has 1 atom stereocenters. The summed E-state index contributed by atoms with van der Waals surface area (Å²) in [7, 11) is 1.80. The maximum absolute atomic E-state index is 13.1. The molecule has 0 aliphatic heterocycles. The molecule has 7 nitrogen and oxygen atoms in total. The topological polar surface area (TPSA) is 86.1 Å². The molecule has 1 N–H and O–H groups in total. The summed E-state index contributed by atoms with van der Waals surface area (Å²) >= 11 is 1.55. The highest BCUT2D eigenvalue weighted by molar-refractivity contribution is 7.13. The van der Waals surface area contributed by atoms with Crippen molar-refractivity contribution in [2.24, 2.45) is 7.05 Å². The van der Waals surface area contributed by atoms with E-state index < -0.39 is 12.1 Å². The Balaban J connectivity index is 1.59. The van der Waals surface area contributed by atoms with Crippen LogP contribution in [0.25, 0.3) is 21.6 Å². The van der Waals surface area contributed by atoms with E-state index in [0.717, 1.165) is 30.6 Å². The van der Waals surface area contributed by atoms with Gasteiger partial charge in [-0.25, -0.2) is 9.78 Å². The first kappa shape index (κ1) is 20.5. The number of amides is 1. The molecular weight excluding hydrogens is 400 g/mol. The Labute approximate surface area is 179 Å². The molecule has 1 amide bonds. The zero-order valence-corrected chi connectivity index (χ0v) is 18.3. The van der Waals surface area contributed by atoms with Crippen molar-refractivity contribution in [3.63, 3.8) is 0 Å². The molecule has 1 saturated carbocycles. The van der Waals surface area contributed by atoms with Gasteiger partial charge >= 0.3 is 5.97 Å². The van der Waals surface area contributed by atoms with Gasteiger partial charge in [-0.05, 0) is 44.2 Å². The lowest BCUT2D eigenvalue weighted by Crippen LogP contribution is -2.42. The van der Waals surface area contributed by atoms with E-state index in [9.17, 15) is 9.59 Å². The smallest absolute Gasteiger partial charge is 0.339 e. The van der Waals surface area contributed by atoms with Gasteiger partial charge in [0.25, 0.3) is 5.91 Å². The van der Waals surface area contributed by atoms with Gasteiger partial charge in [-0.3, -0.25) is 9.48 Å². The fourth-order valence-electron chi connectivity index (χ4n) is 4.00. The van der Waals surface area contributed by atoms with Crippen LogP contribution < -0.4 is 5.32 Å². The molecule has 3 aromatic rings. The number of carbonyl (C=O) groups excluding carboxylic acids is 2. The van der Waals surface area contributed by atoms with E-state index in [4.69, 9.17) is 9.72 Å². The molecule has 0 spiro atoms. The van der Waals surface area contributed by atoms with Crippen LogP contribution >= 0.6 is 11.3 Å². The van der Waals surface area contributed by atoms with E-state index in [2.05, 4.69) is 10.4 Å². The molecule has 0 saturated heterocycles. The summed E-state index contributed by atoms with van der Waals surface area (Å²) < 4.78 is 7.24. The second-order valence-corrected chi connectivity index (χ2v) is 8.78. The van der Waals surface area contributed by atoms with Crippen molar-refractivity contribution in [3.8, 4) is 10.6 Å². The Kier molecular flexibility index (Phi) is 5.85. The first-order chi connectivity index (χ1) is 14.4. The number of hydrogen-bond donors (Lipinski definition) is 1. The largest absolute Gasteiger partial charge is 0.449 e. The molecule has 0 radical (unpaired) electrons. The number of carbonyl (C=O) groups is 2. The molecule has 158 valence electrons. The van der Waals surface area contributed by atoms with Crippen molar-refractivity contribution in [2.75, 3.05) is 0 Å². The first-order valence-electron chi connectivity index (χ1n) is 10.3. The van der Waals surface area contributed by atoms with Gasteiger partial charge in [0.1, 0.15) is 0 Å². The number of pyridine rings is 1. The normalized spacial score (nSPS) is 15.8. The van der Waals surface area contributed by atoms with Crippen LogP contribution in [-0.4, -0.2) is 38.8 Å². The predicted octanol–water partition coefficient (Wildman–Crippen LogP) is 4.00. The summed E-state index contributed by atoms with van der Waals surface area (Å²) in [5.41, 5.74) is 2.38. The molecule has 3 aromatic heterocycles. The van der Waals surface area contributed by atoms with Crippen LogP contribution in [0, 0.1) is 6.92 Å². The van der Waals surface area contributed by atoms with Gasteiger partial charge in [-0.15, -0.1) is 11.3 Å². The van der Waals surface area contributed by atoms with Crippen LogP contribution in [0.15, 0.2) is 23.6 Å². The summed E-state index contributed by atoms with van der Waals surface area (Å²) in [6.45, 7) is 3.45. The minimum atomic E-state index is -0.871. The van der Waals surface area contributed by atoms with E-state index in [-0.39, 0.29) is 11.9 Å². The van der Waals surface area contributed by atoms with Gasteiger partial charge < -0.3 is 10.1 Å². The monoisotopic (exact) mass is 426 g/mol. The zero-order valence-electron chi connectivity index (χ0n) is 17.5. The summed E-state index contributed by atoms with van der Waals surface area (Å²) in [5.74, 6) is -0.787. The summed E-state index contributed by atoms with van der Waals surface area (Å²) in [6, 6.07) is 5.80. The average Bonchev–Trinajstić information content (AvgIpc) is 3.37. The molecule has 1 aliphatic carbocycles. The lowest BCUT2D eigenvalue weighted by molar-refractivity contribution is -0.130. The maximum Gasteiger partial charge on any atom is 0.339 e. The van der Waals surface area contributed by atoms with Crippen LogP contribution in [0.1, 0.15) is 55.1 Å². The van der Waals surface area contributed by atoms with E-state index in [1.54, 1.807) is 36.1 Å². The zero-order chi connectivity index (χ0) is 21.3. The molecule has 30 heavy (non-hydrogen) atoms. The number of aryl methyl sites for hydroxylation is 2. The third-order valence-corrected chi connectivity index (χ3v) is 6.46. The van der Waals surface area contributed by atoms with Crippen molar-refractivity contribution in [1.82, 2.24) is 20.1 Å². The lowest BCUT2D eigenvalue weighted by atomic mass is 9.95. The van der Waals surface area contributed by atoms with Gasteiger partial charge in [-0.2, -0.15) is 5.10 Å². The fourth-order valence-corrected chi connectivity index (χ4v) is 4.69. The van der Waals surface area contributed by atoms with E-state index in [1.807, 2.05) is 24.4 Å². The number of aromatic nitrogens is 3. The summed E-state index contributed by atoms with van der Waals surface area (Å²) in [6.07, 6.45) is 4.56. The standard InChI is InChI=1S/C22H26N4O3S/c1-13-19-16(12-17(18-10-7-11-30-18)24-20(19)26(3)25-13)22(28)29-14(2)21(27)23-15-8-5-4-6-9-15/h7,10-12,14-15H,4-6,8-9H2,1-3H3,(H,23,27). The van der Waals surface area contributed by atoms with Crippen LogP contribution in [0.5, 0.6) is 0 Å².